The van der Waals surface area contributed by atoms with E-state index in [1.807, 2.05) is 47.4 Å². The minimum Gasteiger partial charge on any atom is -0.323 e. The van der Waals surface area contributed by atoms with E-state index in [1.54, 1.807) is 6.20 Å². The molecule has 1 saturated carbocycles. The molecular weight excluding hydrogens is 346 g/mol. The number of aromatic nitrogens is 1. The Balaban J connectivity index is 1.32. The SMILES string of the molecule is Cc1ccc(NC(=O)N2CC3CC3(c3ccccc3)C2)cc1-c1ccccn1. The summed E-state index contributed by atoms with van der Waals surface area (Å²) in [5.74, 6) is 0.586. The Morgan fingerprint density at radius 1 is 1.11 bits per heavy atom. The first-order valence-electron chi connectivity index (χ1n) is 9.79. The van der Waals surface area contributed by atoms with Crippen molar-refractivity contribution in [2.75, 3.05) is 18.4 Å². The molecule has 1 N–H and O–H groups in total. The number of carbonyl (C=O) groups excluding carboxylic acids is 1. The highest BCUT2D eigenvalue weighted by Gasteiger charge is 2.61. The molecule has 2 atom stereocenters. The highest BCUT2D eigenvalue weighted by Crippen LogP contribution is 2.58. The lowest BCUT2D eigenvalue weighted by atomic mass is 9.95. The van der Waals surface area contributed by atoms with Crippen LogP contribution in [-0.4, -0.2) is 29.0 Å². The fourth-order valence-electron chi connectivity index (χ4n) is 4.55. The molecule has 140 valence electrons. The number of urea groups is 1. The molecule has 1 saturated heterocycles. The van der Waals surface area contributed by atoms with E-state index >= 15 is 0 Å². The quantitative estimate of drug-likeness (QED) is 0.716. The normalized spacial score (nSPS) is 22.6. The van der Waals surface area contributed by atoms with E-state index in [9.17, 15) is 4.79 Å². The summed E-state index contributed by atoms with van der Waals surface area (Å²) in [4.78, 5) is 19.3. The minimum absolute atomic E-state index is 0.0154. The Hall–Kier alpha value is -3.14. The Morgan fingerprint density at radius 3 is 2.71 bits per heavy atom. The molecule has 2 unspecified atom stereocenters. The van der Waals surface area contributed by atoms with Gasteiger partial charge in [-0.2, -0.15) is 0 Å². The predicted molar refractivity (Wildman–Crippen MR) is 111 cm³/mol. The minimum atomic E-state index is -0.0154. The van der Waals surface area contributed by atoms with Gasteiger partial charge in [0.2, 0.25) is 0 Å². The third-order valence-electron chi connectivity index (χ3n) is 6.21. The molecule has 4 nitrogen and oxygen atoms in total. The van der Waals surface area contributed by atoms with Crippen molar-refractivity contribution in [2.24, 2.45) is 5.92 Å². The Labute approximate surface area is 165 Å². The van der Waals surface area contributed by atoms with Crippen LogP contribution in [0, 0.1) is 12.8 Å². The van der Waals surface area contributed by atoms with Crippen LogP contribution < -0.4 is 5.32 Å². The summed E-state index contributed by atoms with van der Waals surface area (Å²) in [6.07, 6.45) is 2.98. The number of aryl methyl sites for hydroxylation is 1. The maximum absolute atomic E-state index is 12.9. The summed E-state index contributed by atoms with van der Waals surface area (Å²) in [6, 6.07) is 22.5. The lowest BCUT2D eigenvalue weighted by molar-refractivity contribution is 0.216. The zero-order chi connectivity index (χ0) is 19.1. The van der Waals surface area contributed by atoms with Crippen molar-refractivity contribution in [1.29, 1.82) is 0 Å². The first-order valence-corrected chi connectivity index (χ1v) is 9.79. The average Bonchev–Trinajstić information content (AvgIpc) is 3.31. The third-order valence-corrected chi connectivity index (χ3v) is 6.21. The molecule has 0 bridgehead atoms. The topological polar surface area (TPSA) is 45.2 Å². The number of nitrogens with zero attached hydrogens (tertiary/aromatic N) is 2. The highest BCUT2D eigenvalue weighted by atomic mass is 16.2. The maximum atomic E-state index is 12.9. The maximum Gasteiger partial charge on any atom is 0.321 e. The van der Waals surface area contributed by atoms with Gasteiger partial charge in [-0.15, -0.1) is 0 Å². The van der Waals surface area contributed by atoms with E-state index in [4.69, 9.17) is 0 Å². The second-order valence-corrected chi connectivity index (χ2v) is 7.98. The van der Waals surface area contributed by atoms with Gasteiger partial charge < -0.3 is 10.2 Å². The van der Waals surface area contributed by atoms with E-state index in [0.29, 0.717) is 5.92 Å². The van der Waals surface area contributed by atoms with E-state index in [2.05, 4.69) is 41.5 Å². The number of rotatable bonds is 3. The van der Waals surface area contributed by atoms with Gasteiger partial charge in [0.15, 0.2) is 0 Å². The molecule has 1 aliphatic carbocycles. The molecule has 0 radical (unpaired) electrons. The van der Waals surface area contributed by atoms with Gasteiger partial charge in [-0.3, -0.25) is 4.98 Å². The fourth-order valence-corrected chi connectivity index (χ4v) is 4.55. The second-order valence-electron chi connectivity index (χ2n) is 7.98. The van der Waals surface area contributed by atoms with Gasteiger partial charge in [0.1, 0.15) is 0 Å². The van der Waals surface area contributed by atoms with E-state index < -0.39 is 0 Å². The molecule has 4 heteroatoms. The van der Waals surface area contributed by atoms with Gasteiger partial charge in [-0.25, -0.2) is 4.79 Å². The number of nitrogens with one attached hydrogen (secondary N) is 1. The Bertz CT molecular complexity index is 1020. The van der Waals surface area contributed by atoms with Crippen LogP contribution in [0.3, 0.4) is 0 Å². The van der Waals surface area contributed by atoms with Crippen LogP contribution in [0.15, 0.2) is 72.9 Å². The molecule has 2 heterocycles. The summed E-state index contributed by atoms with van der Waals surface area (Å²) in [5, 5.41) is 3.09. The van der Waals surface area contributed by atoms with Crippen molar-refractivity contribution < 1.29 is 4.79 Å². The van der Waals surface area contributed by atoms with E-state index in [1.165, 1.54) is 12.0 Å². The number of carbonyl (C=O) groups is 1. The molecule has 2 aromatic carbocycles. The Morgan fingerprint density at radius 2 is 1.93 bits per heavy atom. The second kappa shape index (κ2) is 6.48. The number of hydrogen-bond donors (Lipinski definition) is 1. The molecule has 1 aromatic heterocycles. The average molecular weight is 369 g/mol. The molecule has 2 aliphatic rings. The van der Waals surface area contributed by atoms with Crippen molar-refractivity contribution in [3.8, 4) is 11.3 Å². The monoisotopic (exact) mass is 369 g/mol. The number of pyridine rings is 1. The van der Waals surface area contributed by atoms with E-state index in [0.717, 1.165) is 35.6 Å². The van der Waals surface area contributed by atoms with Gasteiger partial charge in [-0.05, 0) is 54.7 Å². The molecule has 3 aromatic rings. The van der Waals surface area contributed by atoms with Crippen molar-refractivity contribution in [3.63, 3.8) is 0 Å². The van der Waals surface area contributed by atoms with Gasteiger partial charge in [-0.1, -0.05) is 42.5 Å². The van der Waals surface area contributed by atoms with Gasteiger partial charge in [0.25, 0.3) is 0 Å². The summed E-state index contributed by atoms with van der Waals surface area (Å²) in [7, 11) is 0. The first kappa shape index (κ1) is 17.0. The zero-order valence-electron chi connectivity index (χ0n) is 15.9. The fraction of sp³-hybridized carbons (Fsp3) is 0.250. The van der Waals surface area contributed by atoms with Gasteiger partial charge >= 0.3 is 6.03 Å². The third kappa shape index (κ3) is 2.85. The highest BCUT2D eigenvalue weighted by molar-refractivity contribution is 5.91. The standard InChI is InChI=1S/C24H23N3O/c1-17-10-11-20(13-21(17)22-9-5-6-12-25-22)26-23(28)27-15-19-14-24(19,16-27)18-7-3-2-4-8-18/h2-13,19H,14-16H2,1H3,(H,26,28). The Kier molecular flexibility index (Phi) is 3.93. The first-order chi connectivity index (χ1) is 13.7. The van der Waals surface area contributed by atoms with Gasteiger partial charge in [0.05, 0.1) is 5.69 Å². The van der Waals surface area contributed by atoms with Crippen molar-refractivity contribution >= 4 is 11.7 Å². The number of hydrogen-bond acceptors (Lipinski definition) is 2. The van der Waals surface area contributed by atoms with Crippen molar-refractivity contribution in [1.82, 2.24) is 9.88 Å². The van der Waals surface area contributed by atoms with Crippen LogP contribution in [0.25, 0.3) is 11.3 Å². The molecule has 1 aliphatic heterocycles. The van der Waals surface area contributed by atoms with Crippen LogP contribution in [0.4, 0.5) is 10.5 Å². The number of likely N-dealkylation sites (tertiary alicyclic amines) is 1. The molecule has 28 heavy (non-hydrogen) atoms. The number of fused-ring (bicyclic) bond motifs is 1. The summed E-state index contributed by atoms with van der Waals surface area (Å²) in [5.41, 5.74) is 5.45. The summed E-state index contributed by atoms with van der Waals surface area (Å²) < 4.78 is 0. The number of benzene rings is 2. The molecule has 5 rings (SSSR count). The van der Waals surface area contributed by atoms with Crippen LogP contribution in [0.1, 0.15) is 17.5 Å². The van der Waals surface area contributed by atoms with Crippen LogP contribution in [0.2, 0.25) is 0 Å². The van der Waals surface area contributed by atoms with Crippen molar-refractivity contribution in [3.05, 3.63) is 84.1 Å². The zero-order valence-corrected chi connectivity index (χ0v) is 15.9. The van der Waals surface area contributed by atoms with Gasteiger partial charge in [0, 0.05) is 36.0 Å². The lowest BCUT2D eigenvalue weighted by Crippen LogP contribution is -2.36. The van der Waals surface area contributed by atoms with Crippen molar-refractivity contribution in [2.45, 2.75) is 18.8 Å². The number of amides is 2. The molecule has 2 fully saturated rings. The van der Waals surface area contributed by atoms with Crippen LogP contribution in [0.5, 0.6) is 0 Å². The van der Waals surface area contributed by atoms with Crippen LogP contribution in [-0.2, 0) is 5.41 Å². The molecule has 2 amide bonds. The van der Waals surface area contributed by atoms with Crippen LogP contribution >= 0.6 is 0 Å². The predicted octanol–water partition coefficient (Wildman–Crippen LogP) is 4.86. The largest absolute Gasteiger partial charge is 0.323 e. The molecular formula is C24H23N3O. The van der Waals surface area contributed by atoms with E-state index in [-0.39, 0.29) is 11.4 Å². The number of piperidine rings is 1. The summed E-state index contributed by atoms with van der Waals surface area (Å²) >= 11 is 0. The smallest absolute Gasteiger partial charge is 0.321 e. The summed E-state index contributed by atoms with van der Waals surface area (Å²) in [6.45, 7) is 3.69. The molecule has 0 spiro atoms. The number of anilines is 1. The lowest BCUT2D eigenvalue weighted by Gasteiger charge is -2.22.